The first-order valence-electron chi connectivity index (χ1n) is 9.24. The molecule has 154 valence electrons. The van der Waals surface area contributed by atoms with Crippen molar-refractivity contribution < 1.29 is 19.2 Å². The molecule has 1 heterocycles. The maximum absolute atomic E-state index is 12.3. The highest BCUT2D eigenvalue weighted by Gasteiger charge is 2.26. The van der Waals surface area contributed by atoms with Gasteiger partial charge in [-0.3, -0.25) is 10.1 Å². The van der Waals surface area contributed by atoms with E-state index >= 15 is 0 Å². The summed E-state index contributed by atoms with van der Waals surface area (Å²) in [6, 6.07) is 20.8. The zero-order chi connectivity index (χ0) is 21.8. The van der Waals surface area contributed by atoms with Gasteiger partial charge in [0.2, 0.25) is 5.90 Å². The van der Waals surface area contributed by atoms with Crippen LogP contribution in [-0.4, -0.2) is 16.8 Å². The quantitative estimate of drug-likeness (QED) is 0.231. The molecule has 0 bridgehead atoms. The van der Waals surface area contributed by atoms with Gasteiger partial charge in [-0.2, -0.15) is 0 Å². The normalized spacial score (nSPS) is 14.3. The fourth-order valence-corrected chi connectivity index (χ4v) is 3.18. The number of nitro benzene ring substituents is 1. The van der Waals surface area contributed by atoms with E-state index in [1.165, 1.54) is 18.2 Å². The van der Waals surface area contributed by atoms with Crippen LogP contribution in [0.5, 0.6) is 5.75 Å². The average Bonchev–Trinajstić information content (AvgIpc) is 3.13. The van der Waals surface area contributed by atoms with Gasteiger partial charge in [-0.05, 0) is 23.8 Å². The first kappa shape index (κ1) is 20.3. The maximum Gasteiger partial charge on any atom is 0.363 e. The minimum Gasteiger partial charge on any atom is -0.488 e. The largest absolute Gasteiger partial charge is 0.488 e. The number of esters is 1. The number of carbonyl (C=O) groups is 1. The average molecular weight is 435 g/mol. The van der Waals surface area contributed by atoms with Gasteiger partial charge in [0.1, 0.15) is 12.4 Å². The number of non-ortho nitro benzene ring substituents is 1. The first-order valence-corrected chi connectivity index (χ1v) is 9.62. The predicted molar refractivity (Wildman–Crippen MR) is 116 cm³/mol. The molecular formula is C23H15ClN2O5. The van der Waals surface area contributed by atoms with E-state index in [0.717, 1.165) is 5.56 Å². The van der Waals surface area contributed by atoms with Crippen molar-refractivity contribution in [2.75, 3.05) is 0 Å². The molecular weight excluding hydrogens is 420 g/mol. The van der Waals surface area contributed by atoms with Gasteiger partial charge >= 0.3 is 5.97 Å². The Labute approximate surface area is 182 Å². The Bertz CT molecular complexity index is 1220. The van der Waals surface area contributed by atoms with Gasteiger partial charge in [0.15, 0.2) is 5.70 Å². The molecule has 0 N–H and O–H groups in total. The Hall–Kier alpha value is -3.97. The second-order valence-corrected chi connectivity index (χ2v) is 6.98. The van der Waals surface area contributed by atoms with Crippen LogP contribution >= 0.6 is 11.6 Å². The van der Waals surface area contributed by atoms with Crippen molar-refractivity contribution in [2.24, 2.45) is 4.99 Å². The van der Waals surface area contributed by atoms with E-state index < -0.39 is 10.9 Å². The van der Waals surface area contributed by atoms with E-state index in [1.54, 1.807) is 18.2 Å². The molecule has 8 heteroatoms. The topological polar surface area (TPSA) is 91.0 Å². The fraction of sp³-hybridized carbons (Fsp3) is 0.0435. The van der Waals surface area contributed by atoms with Crippen molar-refractivity contribution in [3.05, 3.63) is 110 Å². The summed E-state index contributed by atoms with van der Waals surface area (Å²) in [7, 11) is 0. The van der Waals surface area contributed by atoms with E-state index in [9.17, 15) is 14.9 Å². The molecule has 0 aliphatic carbocycles. The van der Waals surface area contributed by atoms with Crippen LogP contribution in [-0.2, 0) is 16.1 Å². The van der Waals surface area contributed by atoms with Gasteiger partial charge in [0.25, 0.3) is 5.69 Å². The molecule has 4 rings (SSSR count). The number of aliphatic imine (C=N–C) groups is 1. The molecule has 1 aliphatic heterocycles. The van der Waals surface area contributed by atoms with Gasteiger partial charge in [0, 0.05) is 17.7 Å². The SMILES string of the molecule is O=C1OC(c2ccc([N+](=O)[O-])cc2Cl)=NC1=Cc1ccccc1OCc1ccccc1. The first-order chi connectivity index (χ1) is 15.0. The van der Waals surface area contributed by atoms with Gasteiger partial charge < -0.3 is 9.47 Å². The summed E-state index contributed by atoms with van der Waals surface area (Å²) in [5, 5.41) is 10.9. The van der Waals surface area contributed by atoms with Crippen LogP contribution in [0.4, 0.5) is 5.69 Å². The number of benzene rings is 3. The Morgan fingerprint density at radius 1 is 1.06 bits per heavy atom. The Morgan fingerprint density at radius 3 is 2.55 bits per heavy atom. The number of rotatable bonds is 6. The molecule has 0 aromatic heterocycles. The molecule has 0 saturated heterocycles. The number of hydrogen-bond acceptors (Lipinski definition) is 6. The van der Waals surface area contributed by atoms with E-state index in [1.807, 2.05) is 42.5 Å². The van der Waals surface area contributed by atoms with Crippen LogP contribution in [0, 0.1) is 10.1 Å². The number of ether oxygens (including phenoxy) is 2. The number of halogens is 1. The third-order valence-electron chi connectivity index (χ3n) is 4.46. The molecule has 3 aromatic rings. The molecule has 0 fully saturated rings. The third kappa shape index (κ3) is 4.62. The highest BCUT2D eigenvalue weighted by atomic mass is 35.5. The van der Waals surface area contributed by atoms with E-state index in [0.29, 0.717) is 17.9 Å². The van der Waals surface area contributed by atoms with Crippen molar-refractivity contribution in [3.8, 4) is 5.75 Å². The molecule has 0 unspecified atom stereocenters. The molecule has 1 aliphatic rings. The minimum absolute atomic E-state index is 0.0150. The van der Waals surface area contributed by atoms with Crippen molar-refractivity contribution in [1.29, 1.82) is 0 Å². The Morgan fingerprint density at radius 2 is 1.81 bits per heavy atom. The van der Waals surface area contributed by atoms with Gasteiger partial charge in [-0.25, -0.2) is 9.79 Å². The molecule has 3 aromatic carbocycles. The number of hydrogen-bond donors (Lipinski definition) is 0. The lowest BCUT2D eigenvalue weighted by atomic mass is 10.1. The van der Waals surface area contributed by atoms with Crippen molar-refractivity contribution in [2.45, 2.75) is 6.61 Å². The number of nitro groups is 1. The lowest BCUT2D eigenvalue weighted by molar-refractivity contribution is -0.384. The lowest BCUT2D eigenvalue weighted by Gasteiger charge is -2.09. The standard InChI is InChI=1S/C23H15ClN2O5/c24-19-13-17(26(28)29)10-11-18(19)22-25-20(23(27)31-22)12-16-8-4-5-9-21(16)30-14-15-6-2-1-3-7-15/h1-13H,14H2. The van der Waals surface area contributed by atoms with Crippen LogP contribution in [0.2, 0.25) is 5.02 Å². The number of cyclic esters (lactones) is 1. The van der Waals surface area contributed by atoms with Gasteiger partial charge in [-0.15, -0.1) is 0 Å². The Balaban J connectivity index is 1.60. The van der Waals surface area contributed by atoms with Crippen LogP contribution in [0.1, 0.15) is 16.7 Å². The van der Waals surface area contributed by atoms with E-state index in [4.69, 9.17) is 21.1 Å². The predicted octanol–water partition coefficient (Wildman–Crippen LogP) is 5.17. The zero-order valence-electron chi connectivity index (χ0n) is 16.0. The van der Waals surface area contributed by atoms with Crippen molar-refractivity contribution in [3.63, 3.8) is 0 Å². The summed E-state index contributed by atoms with van der Waals surface area (Å²) >= 11 is 6.12. The summed E-state index contributed by atoms with van der Waals surface area (Å²) < 4.78 is 11.1. The van der Waals surface area contributed by atoms with Crippen molar-refractivity contribution in [1.82, 2.24) is 0 Å². The fourth-order valence-electron chi connectivity index (χ4n) is 2.93. The van der Waals surface area contributed by atoms with Crippen LogP contribution in [0.15, 0.2) is 83.5 Å². The smallest absolute Gasteiger partial charge is 0.363 e. The summed E-state index contributed by atoms with van der Waals surface area (Å²) in [4.78, 5) is 26.9. The summed E-state index contributed by atoms with van der Waals surface area (Å²) in [5.74, 6) is -0.0789. The van der Waals surface area contributed by atoms with Crippen LogP contribution in [0.3, 0.4) is 0 Å². The third-order valence-corrected chi connectivity index (χ3v) is 4.78. The molecule has 0 spiro atoms. The minimum atomic E-state index is -0.651. The summed E-state index contributed by atoms with van der Waals surface area (Å²) in [5.41, 5.74) is 1.86. The van der Waals surface area contributed by atoms with Crippen molar-refractivity contribution >= 4 is 35.2 Å². The monoisotopic (exact) mass is 434 g/mol. The molecule has 0 radical (unpaired) electrons. The van der Waals surface area contributed by atoms with Crippen LogP contribution < -0.4 is 4.74 Å². The maximum atomic E-state index is 12.3. The highest BCUT2D eigenvalue weighted by Crippen LogP contribution is 2.29. The highest BCUT2D eigenvalue weighted by molar-refractivity contribution is 6.34. The molecule has 7 nitrogen and oxygen atoms in total. The zero-order valence-corrected chi connectivity index (χ0v) is 16.8. The second kappa shape index (κ2) is 8.81. The van der Waals surface area contributed by atoms with E-state index in [-0.39, 0.29) is 27.9 Å². The van der Waals surface area contributed by atoms with Crippen LogP contribution in [0.25, 0.3) is 6.08 Å². The van der Waals surface area contributed by atoms with Gasteiger partial charge in [0.05, 0.1) is 15.5 Å². The summed E-state index contributed by atoms with van der Waals surface area (Å²) in [6.45, 7) is 0.373. The molecule has 0 atom stereocenters. The molecule has 0 amide bonds. The number of carbonyl (C=O) groups excluding carboxylic acids is 1. The molecule has 0 saturated carbocycles. The summed E-state index contributed by atoms with van der Waals surface area (Å²) in [6.07, 6.45) is 1.56. The Kier molecular flexibility index (Phi) is 5.77. The van der Waals surface area contributed by atoms with Gasteiger partial charge in [-0.1, -0.05) is 60.1 Å². The van der Waals surface area contributed by atoms with E-state index in [2.05, 4.69) is 4.99 Å². The number of nitrogens with zero attached hydrogens (tertiary/aromatic N) is 2. The second-order valence-electron chi connectivity index (χ2n) is 6.57. The number of para-hydroxylation sites is 1. The lowest BCUT2D eigenvalue weighted by Crippen LogP contribution is -2.06. The molecule has 31 heavy (non-hydrogen) atoms.